The van der Waals surface area contributed by atoms with Crippen LogP contribution in [0.4, 0.5) is 0 Å². The van der Waals surface area contributed by atoms with Gasteiger partial charge >= 0.3 is 0 Å². The van der Waals surface area contributed by atoms with Crippen LogP contribution >= 0.6 is 15.9 Å². The van der Waals surface area contributed by atoms with Gasteiger partial charge in [-0.05, 0) is 35.4 Å². The Morgan fingerprint density at radius 1 is 1.05 bits per heavy atom. The van der Waals surface area contributed by atoms with Crippen LogP contribution in [0.2, 0.25) is 0 Å². The van der Waals surface area contributed by atoms with Gasteiger partial charge in [-0.25, -0.2) is 0 Å². The molecule has 0 bridgehead atoms. The van der Waals surface area contributed by atoms with Crippen molar-refractivity contribution in [2.45, 2.75) is 13.1 Å². The van der Waals surface area contributed by atoms with Gasteiger partial charge in [0, 0.05) is 17.6 Å². The minimum Gasteiger partial charge on any atom is -0.504 e. The van der Waals surface area contributed by atoms with Gasteiger partial charge in [-0.15, -0.1) is 0 Å². The number of aromatic hydroxyl groups is 1. The van der Waals surface area contributed by atoms with Crippen LogP contribution in [0.1, 0.15) is 11.1 Å². The van der Waals surface area contributed by atoms with Gasteiger partial charge in [-0.1, -0.05) is 34.1 Å². The molecule has 0 radical (unpaired) electrons. The summed E-state index contributed by atoms with van der Waals surface area (Å²) in [6, 6.07) is 13.6. The van der Waals surface area contributed by atoms with E-state index in [2.05, 4.69) is 33.4 Å². The highest BCUT2D eigenvalue weighted by Crippen LogP contribution is 2.26. The number of benzene rings is 2. The average molecular weight is 322 g/mol. The Morgan fingerprint density at radius 2 is 1.68 bits per heavy atom. The number of hydrogen-bond acceptors (Lipinski definition) is 3. The van der Waals surface area contributed by atoms with Gasteiger partial charge in [0.05, 0.1) is 7.11 Å². The van der Waals surface area contributed by atoms with Crippen molar-refractivity contribution in [3.05, 3.63) is 58.1 Å². The number of nitrogens with one attached hydrogen (secondary N) is 1. The predicted octanol–water partition coefficient (Wildman–Crippen LogP) is 3.45. The second kappa shape index (κ2) is 6.59. The second-order valence-corrected chi connectivity index (χ2v) is 5.15. The van der Waals surface area contributed by atoms with Crippen LogP contribution in [-0.2, 0) is 13.1 Å². The van der Waals surface area contributed by atoms with Crippen LogP contribution in [0.5, 0.6) is 11.5 Å². The third-order valence-electron chi connectivity index (χ3n) is 2.82. The zero-order chi connectivity index (χ0) is 13.7. The lowest BCUT2D eigenvalue weighted by molar-refractivity contribution is 0.373. The lowest BCUT2D eigenvalue weighted by atomic mass is 10.2. The molecule has 0 saturated carbocycles. The highest BCUT2D eigenvalue weighted by atomic mass is 79.9. The second-order valence-electron chi connectivity index (χ2n) is 4.24. The molecule has 2 N–H and O–H groups in total. The summed E-state index contributed by atoms with van der Waals surface area (Å²) in [6.45, 7) is 1.53. The molecule has 2 aromatic rings. The average Bonchev–Trinajstić information content (AvgIpc) is 2.43. The van der Waals surface area contributed by atoms with E-state index in [-0.39, 0.29) is 5.75 Å². The first-order valence-corrected chi connectivity index (χ1v) is 6.79. The molecule has 2 aromatic carbocycles. The standard InChI is InChI=1S/C15H16BrNO2/c1-19-15-8-12(4-7-14(15)18)10-17-9-11-2-5-13(16)6-3-11/h2-8,17-18H,9-10H2,1H3. The van der Waals surface area contributed by atoms with E-state index in [0.29, 0.717) is 5.75 Å². The van der Waals surface area contributed by atoms with Gasteiger partial charge in [-0.2, -0.15) is 0 Å². The molecule has 0 spiro atoms. The maximum Gasteiger partial charge on any atom is 0.160 e. The Bertz CT molecular complexity index is 540. The molecule has 0 atom stereocenters. The van der Waals surface area contributed by atoms with Crippen molar-refractivity contribution in [2.24, 2.45) is 0 Å². The Kier molecular flexibility index (Phi) is 4.82. The van der Waals surface area contributed by atoms with Crippen LogP contribution < -0.4 is 10.1 Å². The number of rotatable bonds is 5. The molecule has 19 heavy (non-hydrogen) atoms. The van der Waals surface area contributed by atoms with Crippen molar-refractivity contribution in [3.8, 4) is 11.5 Å². The Labute approximate surface area is 121 Å². The molecule has 0 unspecified atom stereocenters. The molecular weight excluding hydrogens is 306 g/mol. The van der Waals surface area contributed by atoms with E-state index in [9.17, 15) is 5.11 Å². The van der Waals surface area contributed by atoms with E-state index in [1.807, 2.05) is 24.3 Å². The third-order valence-corrected chi connectivity index (χ3v) is 3.34. The lowest BCUT2D eigenvalue weighted by Crippen LogP contribution is -2.12. The van der Waals surface area contributed by atoms with Crippen LogP contribution in [0.25, 0.3) is 0 Å². The fourth-order valence-corrected chi connectivity index (χ4v) is 2.05. The summed E-state index contributed by atoms with van der Waals surface area (Å²) in [4.78, 5) is 0. The van der Waals surface area contributed by atoms with Gasteiger partial charge in [0.2, 0.25) is 0 Å². The number of ether oxygens (including phenoxy) is 1. The number of halogens is 1. The van der Waals surface area contributed by atoms with Gasteiger partial charge in [0.1, 0.15) is 0 Å². The summed E-state index contributed by atoms with van der Waals surface area (Å²) >= 11 is 3.41. The zero-order valence-electron chi connectivity index (χ0n) is 10.7. The first kappa shape index (κ1) is 13.9. The Morgan fingerprint density at radius 3 is 2.37 bits per heavy atom. The Hall–Kier alpha value is -1.52. The molecular formula is C15H16BrNO2. The van der Waals surface area contributed by atoms with Crippen LogP contribution in [0, 0.1) is 0 Å². The molecule has 2 rings (SSSR count). The highest BCUT2D eigenvalue weighted by molar-refractivity contribution is 9.10. The molecule has 0 aromatic heterocycles. The van der Waals surface area contributed by atoms with Gasteiger partial charge < -0.3 is 15.2 Å². The molecule has 0 saturated heterocycles. The maximum absolute atomic E-state index is 9.51. The molecule has 0 aliphatic carbocycles. The fourth-order valence-electron chi connectivity index (χ4n) is 1.79. The molecule has 4 heteroatoms. The summed E-state index contributed by atoms with van der Waals surface area (Å²) < 4.78 is 6.16. The smallest absolute Gasteiger partial charge is 0.160 e. The molecule has 3 nitrogen and oxygen atoms in total. The molecule has 0 fully saturated rings. The minimum absolute atomic E-state index is 0.166. The molecule has 0 amide bonds. The minimum atomic E-state index is 0.166. The molecule has 0 aliphatic rings. The SMILES string of the molecule is COc1cc(CNCc2ccc(Br)cc2)ccc1O. The fraction of sp³-hybridized carbons (Fsp3) is 0.200. The number of methoxy groups -OCH3 is 1. The maximum atomic E-state index is 9.51. The molecule has 100 valence electrons. The van der Waals surface area contributed by atoms with Crippen molar-refractivity contribution in [3.63, 3.8) is 0 Å². The monoisotopic (exact) mass is 321 g/mol. The lowest BCUT2D eigenvalue weighted by Gasteiger charge is -2.08. The van der Waals surface area contributed by atoms with Crippen LogP contribution in [-0.4, -0.2) is 12.2 Å². The molecule has 0 heterocycles. The van der Waals surface area contributed by atoms with Crippen molar-refractivity contribution in [2.75, 3.05) is 7.11 Å². The Balaban J connectivity index is 1.90. The number of hydrogen-bond donors (Lipinski definition) is 2. The predicted molar refractivity (Wildman–Crippen MR) is 79.3 cm³/mol. The number of phenolic OH excluding ortho intramolecular Hbond substituents is 1. The topological polar surface area (TPSA) is 41.5 Å². The highest BCUT2D eigenvalue weighted by Gasteiger charge is 2.02. The summed E-state index contributed by atoms with van der Waals surface area (Å²) in [5, 5.41) is 12.9. The van der Waals surface area contributed by atoms with E-state index < -0.39 is 0 Å². The zero-order valence-corrected chi connectivity index (χ0v) is 12.3. The largest absolute Gasteiger partial charge is 0.504 e. The van der Waals surface area contributed by atoms with E-state index in [4.69, 9.17) is 4.74 Å². The first-order valence-electron chi connectivity index (χ1n) is 6.00. The van der Waals surface area contributed by atoms with Crippen molar-refractivity contribution in [1.29, 1.82) is 0 Å². The van der Waals surface area contributed by atoms with Crippen molar-refractivity contribution in [1.82, 2.24) is 5.32 Å². The summed E-state index contributed by atoms with van der Waals surface area (Å²) in [7, 11) is 1.55. The first-order chi connectivity index (χ1) is 9.19. The van der Waals surface area contributed by atoms with Gasteiger partial charge in [-0.3, -0.25) is 0 Å². The number of phenols is 1. The van der Waals surface area contributed by atoms with E-state index in [1.165, 1.54) is 5.56 Å². The summed E-state index contributed by atoms with van der Waals surface area (Å²) in [5.74, 6) is 0.669. The third kappa shape index (κ3) is 3.98. The van der Waals surface area contributed by atoms with Crippen molar-refractivity contribution < 1.29 is 9.84 Å². The summed E-state index contributed by atoms with van der Waals surface area (Å²) in [6.07, 6.45) is 0. The van der Waals surface area contributed by atoms with Gasteiger partial charge in [0.15, 0.2) is 11.5 Å². The van der Waals surface area contributed by atoms with E-state index in [1.54, 1.807) is 13.2 Å². The van der Waals surface area contributed by atoms with E-state index in [0.717, 1.165) is 23.1 Å². The normalized spacial score (nSPS) is 10.4. The quantitative estimate of drug-likeness (QED) is 0.886. The summed E-state index contributed by atoms with van der Waals surface area (Å²) in [5.41, 5.74) is 2.31. The molecule has 0 aliphatic heterocycles. The van der Waals surface area contributed by atoms with Crippen LogP contribution in [0.15, 0.2) is 46.9 Å². The van der Waals surface area contributed by atoms with Crippen molar-refractivity contribution >= 4 is 15.9 Å². The van der Waals surface area contributed by atoms with Gasteiger partial charge in [0.25, 0.3) is 0 Å². The van der Waals surface area contributed by atoms with E-state index >= 15 is 0 Å². The van der Waals surface area contributed by atoms with Crippen LogP contribution in [0.3, 0.4) is 0 Å².